The first-order valence-electron chi connectivity index (χ1n) is 6.07. The van der Waals surface area contributed by atoms with Crippen molar-refractivity contribution in [1.29, 1.82) is 0 Å². The zero-order valence-electron chi connectivity index (χ0n) is 10.8. The molecule has 0 fully saturated rings. The third-order valence-electron chi connectivity index (χ3n) is 2.91. The molecular formula is C15H12BrN3S. The number of benzene rings is 1. The van der Waals surface area contributed by atoms with Gasteiger partial charge in [-0.25, -0.2) is 0 Å². The number of nitrogens with zero attached hydrogens (tertiary/aromatic N) is 2. The average molecular weight is 346 g/mol. The smallest absolute Gasteiger partial charge is 0.112 e. The molecule has 100 valence electrons. The highest BCUT2D eigenvalue weighted by atomic mass is 79.9. The first-order valence-corrected chi connectivity index (χ1v) is 8.09. The van der Waals surface area contributed by atoms with E-state index < -0.39 is 0 Å². The van der Waals surface area contributed by atoms with Crippen LogP contribution >= 0.6 is 27.7 Å². The van der Waals surface area contributed by atoms with Crippen molar-refractivity contribution in [2.75, 3.05) is 11.6 Å². The van der Waals surface area contributed by atoms with Gasteiger partial charge in [-0.05, 0) is 58.6 Å². The molecule has 3 nitrogen and oxygen atoms in total. The Morgan fingerprint density at radius 3 is 2.65 bits per heavy atom. The molecule has 0 spiro atoms. The summed E-state index contributed by atoms with van der Waals surface area (Å²) in [5, 5.41) is 3.39. The zero-order valence-corrected chi connectivity index (χ0v) is 13.2. The summed E-state index contributed by atoms with van der Waals surface area (Å²) in [7, 11) is 0. The van der Waals surface area contributed by atoms with Gasteiger partial charge in [-0.1, -0.05) is 0 Å². The highest BCUT2D eigenvalue weighted by molar-refractivity contribution is 9.10. The van der Waals surface area contributed by atoms with Crippen LogP contribution < -0.4 is 5.32 Å². The highest BCUT2D eigenvalue weighted by Gasteiger charge is 2.04. The summed E-state index contributed by atoms with van der Waals surface area (Å²) in [6.45, 7) is 0. The standard InChI is InChI=1S/C15H12BrN3S/c1-20-12-4-2-11(3-5-12)19-13-6-7-17-14-8-10(16)9-18-15(13)14/h2-9H,1H3,(H,17,19). The number of pyridine rings is 2. The number of rotatable bonds is 3. The third-order valence-corrected chi connectivity index (χ3v) is 4.09. The van der Waals surface area contributed by atoms with Crippen LogP contribution in [0.5, 0.6) is 0 Å². The van der Waals surface area contributed by atoms with Gasteiger partial charge in [0.2, 0.25) is 0 Å². The van der Waals surface area contributed by atoms with Crippen molar-refractivity contribution in [3.8, 4) is 0 Å². The summed E-state index contributed by atoms with van der Waals surface area (Å²) in [5.74, 6) is 0. The van der Waals surface area contributed by atoms with E-state index in [4.69, 9.17) is 0 Å². The Morgan fingerprint density at radius 2 is 1.90 bits per heavy atom. The second-order valence-electron chi connectivity index (χ2n) is 4.23. The number of aromatic nitrogens is 2. The number of hydrogen-bond donors (Lipinski definition) is 1. The van der Waals surface area contributed by atoms with Crippen LogP contribution in [0, 0.1) is 0 Å². The fourth-order valence-electron chi connectivity index (χ4n) is 1.94. The summed E-state index contributed by atoms with van der Waals surface area (Å²) >= 11 is 5.15. The second kappa shape index (κ2) is 5.81. The van der Waals surface area contributed by atoms with Crippen LogP contribution in [-0.2, 0) is 0 Å². The Labute approximate surface area is 130 Å². The average Bonchev–Trinajstić information content (AvgIpc) is 2.48. The third kappa shape index (κ3) is 2.78. The Balaban J connectivity index is 1.97. The number of thioether (sulfide) groups is 1. The summed E-state index contributed by atoms with van der Waals surface area (Å²) in [5.41, 5.74) is 3.73. The number of fused-ring (bicyclic) bond motifs is 1. The first-order chi connectivity index (χ1) is 9.76. The fraction of sp³-hybridized carbons (Fsp3) is 0.0667. The number of anilines is 2. The predicted molar refractivity (Wildman–Crippen MR) is 88.7 cm³/mol. The molecule has 5 heteroatoms. The molecule has 0 aliphatic rings. The van der Waals surface area contributed by atoms with Crippen LogP contribution in [0.4, 0.5) is 11.4 Å². The van der Waals surface area contributed by atoms with Gasteiger partial charge in [-0.3, -0.25) is 9.97 Å². The Kier molecular flexibility index (Phi) is 3.89. The molecule has 3 rings (SSSR count). The van der Waals surface area contributed by atoms with Gasteiger partial charge in [0, 0.05) is 27.4 Å². The predicted octanol–water partition coefficient (Wildman–Crippen LogP) is 4.86. The van der Waals surface area contributed by atoms with Gasteiger partial charge in [0.15, 0.2) is 0 Å². The summed E-state index contributed by atoms with van der Waals surface area (Å²) < 4.78 is 0.930. The lowest BCUT2D eigenvalue weighted by atomic mass is 10.2. The molecule has 0 bridgehead atoms. The van der Waals surface area contributed by atoms with Gasteiger partial charge >= 0.3 is 0 Å². The molecule has 1 aromatic carbocycles. The lowest BCUT2D eigenvalue weighted by molar-refractivity contribution is 1.32. The van der Waals surface area contributed by atoms with E-state index in [1.807, 2.05) is 12.1 Å². The van der Waals surface area contributed by atoms with Crippen LogP contribution in [0.15, 0.2) is 58.2 Å². The van der Waals surface area contributed by atoms with E-state index in [9.17, 15) is 0 Å². The summed E-state index contributed by atoms with van der Waals surface area (Å²) in [6.07, 6.45) is 5.64. The van der Waals surface area contributed by atoms with Crippen LogP contribution in [-0.4, -0.2) is 16.2 Å². The highest BCUT2D eigenvalue weighted by Crippen LogP contribution is 2.26. The SMILES string of the molecule is CSc1ccc(Nc2ccnc3cc(Br)cnc23)cc1. The van der Waals surface area contributed by atoms with Crippen molar-refractivity contribution in [2.24, 2.45) is 0 Å². The van der Waals surface area contributed by atoms with E-state index in [2.05, 4.69) is 61.7 Å². The molecule has 1 N–H and O–H groups in total. The number of halogens is 1. The van der Waals surface area contributed by atoms with Crippen LogP contribution in [0.25, 0.3) is 11.0 Å². The van der Waals surface area contributed by atoms with Crippen LogP contribution in [0.3, 0.4) is 0 Å². The minimum absolute atomic E-state index is 0.865. The van der Waals surface area contributed by atoms with Crippen molar-refractivity contribution >= 4 is 50.1 Å². The molecule has 0 aliphatic carbocycles. The summed E-state index contributed by atoms with van der Waals surface area (Å²) in [6, 6.07) is 12.2. The van der Waals surface area contributed by atoms with Crippen molar-refractivity contribution in [3.63, 3.8) is 0 Å². The van der Waals surface area contributed by atoms with Crippen molar-refractivity contribution in [3.05, 3.63) is 53.3 Å². The van der Waals surface area contributed by atoms with Crippen LogP contribution in [0.2, 0.25) is 0 Å². The zero-order chi connectivity index (χ0) is 13.9. The molecule has 2 aromatic heterocycles. The van der Waals surface area contributed by atoms with Gasteiger partial charge in [0.05, 0.1) is 11.2 Å². The Hall–Kier alpha value is -1.59. The van der Waals surface area contributed by atoms with E-state index in [0.29, 0.717) is 0 Å². The minimum Gasteiger partial charge on any atom is -0.354 e. The normalized spacial score (nSPS) is 10.7. The van der Waals surface area contributed by atoms with E-state index in [-0.39, 0.29) is 0 Å². The van der Waals surface area contributed by atoms with E-state index in [1.165, 1.54) is 4.90 Å². The molecule has 0 amide bonds. The lowest BCUT2D eigenvalue weighted by Gasteiger charge is -2.09. The molecule has 3 aromatic rings. The molecular weight excluding hydrogens is 334 g/mol. The molecule has 0 aliphatic heterocycles. The Morgan fingerprint density at radius 1 is 1.10 bits per heavy atom. The van der Waals surface area contributed by atoms with E-state index in [0.717, 1.165) is 26.9 Å². The van der Waals surface area contributed by atoms with Gasteiger partial charge < -0.3 is 5.32 Å². The first kappa shape index (κ1) is 13.4. The maximum Gasteiger partial charge on any atom is 0.112 e. The van der Waals surface area contributed by atoms with Crippen molar-refractivity contribution < 1.29 is 0 Å². The van der Waals surface area contributed by atoms with Gasteiger partial charge in [0.1, 0.15) is 5.52 Å². The maximum atomic E-state index is 4.43. The molecule has 0 unspecified atom stereocenters. The number of nitrogens with one attached hydrogen (secondary N) is 1. The monoisotopic (exact) mass is 345 g/mol. The quantitative estimate of drug-likeness (QED) is 0.688. The lowest BCUT2D eigenvalue weighted by Crippen LogP contribution is -1.94. The van der Waals surface area contributed by atoms with E-state index in [1.54, 1.807) is 24.2 Å². The van der Waals surface area contributed by atoms with E-state index >= 15 is 0 Å². The van der Waals surface area contributed by atoms with Crippen LogP contribution in [0.1, 0.15) is 0 Å². The van der Waals surface area contributed by atoms with Gasteiger partial charge in [0.25, 0.3) is 0 Å². The fourth-order valence-corrected chi connectivity index (χ4v) is 2.66. The van der Waals surface area contributed by atoms with Crippen molar-refractivity contribution in [1.82, 2.24) is 9.97 Å². The molecule has 20 heavy (non-hydrogen) atoms. The molecule has 0 radical (unpaired) electrons. The molecule has 0 saturated heterocycles. The maximum absolute atomic E-state index is 4.43. The van der Waals surface area contributed by atoms with Gasteiger partial charge in [-0.15, -0.1) is 11.8 Å². The molecule has 0 atom stereocenters. The topological polar surface area (TPSA) is 37.8 Å². The molecule has 0 saturated carbocycles. The number of hydrogen-bond acceptors (Lipinski definition) is 4. The second-order valence-corrected chi connectivity index (χ2v) is 6.03. The van der Waals surface area contributed by atoms with Gasteiger partial charge in [-0.2, -0.15) is 0 Å². The minimum atomic E-state index is 0.865. The molecule has 2 heterocycles. The summed E-state index contributed by atoms with van der Waals surface area (Å²) in [4.78, 5) is 10.0. The van der Waals surface area contributed by atoms with Crippen molar-refractivity contribution in [2.45, 2.75) is 4.90 Å². The largest absolute Gasteiger partial charge is 0.354 e. The Bertz CT molecular complexity index is 744.